The Kier molecular flexibility index (Phi) is 5.18. The van der Waals surface area contributed by atoms with Gasteiger partial charge in [0.05, 0.1) is 14.2 Å². The van der Waals surface area contributed by atoms with Crippen LogP contribution in [0.2, 0.25) is 0 Å². The average Bonchev–Trinajstić information content (AvgIpc) is 2.04. The van der Waals surface area contributed by atoms with E-state index in [4.69, 9.17) is 10.6 Å². The molecule has 0 aliphatic carbocycles. The number of carboxylic acid groups (broad SMARTS) is 1. The fraction of sp³-hybridized carbons (Fsp3) is 0.500. The molecule has 0 rings (SSSR count). The molecular weight excluding hydrogens is 219 g/mol. The number of rotatable bonds is 6. The Bertz CT molecular complexity index is 299. The lowest BCUT2D eigenvalue weighted by atomic mass is 10.8. The van der Waals surface area contributed by atoms with E-state index in [0.717, 1.165) is 14.2 Å². The van der Waals surface area contributed by atoms with Crippen LogP contribution in [-0.4, -0.2) is 35.5 Å². The van der Waals surface area contributed by atoms with Crippen molar-refractivity contribution in [3.05, 3.63) is 5.53 Å². The third-order valence-corrected chi connectivity index (χ3v) is 2.38. The van der Waals surface area contributed by atoms with Crippen molar-refractivity contribution in [2.75, 3.05) is 14.2 Å². The molecule has 0 amide bonds. The zero-order valence-corrected chi connectivity index (χ0v) is 8.13. The molecule has 0 saturated carbocycles. The van der Waals surface area contributed by atoms with E-state index in [1.54, 1.807) is 0 Å². The summed E-state index contributed by atoms with van der Waals surface area (Å²) in [5.74, 6) is -1.80. The molecule has 9 nitrogen and oxygen atoms in total. The molecule has 0 atom stereocenters. The van der Waals surface area contributed by atoms with Crippen molar-refractivity contribution < 1.29 is 38.4 Å². The number of hydrogen-bond acceptors (Lipinski definition) is 6. The Morgan fingerprint density at radius 3 is 2.00 bits per heavy atom. The highest BCUT2D eigenvalue weighted by molar-refractivity contribution is 7.74. The summed E-state index contributed by atoms with van der Waals surface area (Å²) in [5.41, 5.74) is 6.99. The monoisotopic (exact) mass is 226 g/mol. The van der Waals surface area contributed by atoms with E-state index < -0.39 is 19.0 Å². The first kappa shape index (κ1) is 12.9. The molecule has 0 spiro atoms. The van der Waals surface area contributed by atoms with E-state index in [2.05, 4.69) is 23.9 Å². The van der Waals surface area contributed by atoms with Gasteiger partial charge >= 0.3 is 19.0 Å². The van der Waals surface area contributed by atoms with Gasteiger partial charge in [-0.3, -0.25) is 0 Å². The molecular formula is C4H7N2O7P. The summed E-state index contributed by atoms with van der Waals surface area (Å²) in [7, 11) is -2.51. The standard InChI is InChI=1S/C4H7N2O7P/c1-10-12-14(9,13-11-2)3(6-5)4(7)8/h1-2H3,(H,7,8). The van der Waals surface area contributed by atoms with Gasteiger partial charge in [-0.05, 0) is 0 Å². The van der Waals surface area contributed by atoms with Crippen LogP contribution < -0.4 is 0 Å². The van der Waals surface area contributed by atoms with Crippen LogP contribution in [0.4, 0.5) is 0 Å². The molecule has 0 radical (unpaired) electrons. The van der Waals surface area contributed by atoms with Gasteiger partial charge in [0.1, 0.15) is 0 Å². The summed E-state index contributed by atoms with van der Waals surface area (Å²) in [4.78, 5) is 20.6. The smallest absolute Gasteiger partial charge is 0.472 e. The van der Waals surface area contributed by atoms with Crippen LogP contribution in [0.15, 0.2) is 0 Å². The topological polar surface area (TPSA) is 128 Å². The molecule has 0 aromatic heterocycles. The summed E-state index contributed by atoms with van der Waals surface area (Å²) in [6.07, 6.45) is 0. The molecule has 1 N–H and O–H groups in total. The first-order valence-electron chi connectivity index (χ1n) is 3.02. The quantitative estimate of drug-likeness (QED) is 0.169. The molecule has 0 heterocycles. The summed E-state index contributed by atoms with van der Waals surface area (Å²) >= 11 is 0. The molecule has 0 aliphatic rings. The van der Waals surface area contributed by atoms with Gasteiger partial charge in [0.2, 0.25) is 0 Å². The predicted octanol–water partition coefficient (Wildman–Crippen LogP) is 0.0484. The third-order valence-electron chi connectivity index (χ3n) is 0.891. The summed E-state index contributed by atoms with van der Waals surface area (Å²) in [5, 5.41) is 8.43. The van der Waals surface area contributed by atoms with Crippen molar-refractivity contribution in [2.45, 2.75) is 0 Å². The van der Waals surface area contributed by atoms with Crippen LogP contribution in [0.3, 0.4) is 0 Å². The molecule has 0 saturated heterocycles. The van der Waals surface area contributed by atoms with E-state index in [9.17, 15) is 9.36 Å². The van der Waals surface area contributed by atoms with Crippen molar-refractivity contribution in [1.29, 1.82) is 0 Å². The molecule has 0 aromatic carbocycles. The summed E-state index contributed by atoms with van der Waals surface area (Å²) in [6.45, 7) is 0. The second-order valence-electron chi connectivity index (χ2n) is 1.71. The molecule has 0 fully saturated rings. The lowest BCUT2D eigenvalue weighted by molar-refractivity contribution is -0.239. The van der Waals surface area contributed by atoms with Gasteiger partial charge in [-0.15, -0.1) is 14.1 Å². The van der Waals surface area contributed by atoms with Crippen molar-refractivity contribution in [3.8, 4) is 0 Å². The zero-order chi connectivity index (χ0) is 11.2. The normalized spacial score (nSPS) is 10.7. The van der Waals surface area contributed by atoms with E-state index in [0.29, 0.717) is 0 Å². The Morgan fingerprint density at radius 1 is 1.36 bits per heavy atom. The van der Waals surface area contributed by atoms with E-state index in [1.165, 1.54) is 0 Å². The minimum Gasteiger partial charge on any atom is -0.472 e. The molecule has 10 heteroatoms. The summed E-state index contributed by atoms with van der Waals surface area (Å²) < 4.78 is 19.5. The second kappa shape index (κ2) is 5.61. The number of carbonyl (C=O) groups is 1. The maximum Gasteiger partial charge on any atom is 0.504 e. The molecule has 80 valence electrons. The molecule has 0 unspecified atom stereocenters. The molecule has 0 bridgehead atoms. The first-order valence-corrected chi connectivity index (χ1v) is 4.57. The van der Waals surface area contributed by atoms with Crippen LogP contribution >= 0.6 is 7.60 Å². The SMILES string of the molecule is COOP(=O)(OOC)C(=[N+]=[N-])C(=O)O. The van der Waals surface area contributed by atoms with Gasteiger partial charge in [-0.25, -0.2) is 19.1 Å². The Labute approximate surface area is 78.1 Å². The fourth-order valence-corrected chi connectivity index (χ4v) is 1.40. The van der Waals surface area contributed by atoms with Crippen molar-refractivity contribution in [3.63, 3.8) is 0 Å². The molecule has 14 heavy (non-hydrogen) atoms. The van der Waals surface area contributed by atoms with Gasteiger partial charge < -0.3 is 10.6 Å². The Balaban J connectivity index is 5.08. The molecule has 0 aromatic rings. The highest BCUT2D eigenvalue weighted by Gasteiger charge is 2.49. The zero-order valence-electron chi connectivity index (χ0n) is 7.24. The highest BCUT2D eigenvalue weighted by Crippen LogP contribution is 2.49. The minimum absolute atomic E-state index is 0.961. The minimum atomic E-state index is -4.43. The van der Waals surface area contributed by atoms with E-state index >= 15 is 0 Å². The second-order valence-corrected chi connectivity index (χ2v) is 3.43. The fourth-order valence-electron chi connectivity index (χ4n) is 0.494. The van der Waals surface area contributed by atoms with Crippen LogP contribution in [0.5, 0.6) is 0 Å². The van der Waals surface area contributed by atoms with Gasteiger partial charge in [0, 0.05) is 0 Å². The van der Waals surface area contributed by atoms with Gasteiger partial charge in [0.25, 0.3) is 0 Å². The van der Waals surface area contributed by atoms with Crippen LogP contribution in [0, 0.1) is 0 Å². The maximum atomic E-state index is 11.4. The largest absolute Gasteiger partial charge is 0.504 e. The average molecular weight is 226 g/mol. The van der Waals surface area contributed by atoms with Crippen molar-refractivity contribution in [1.82, 2.24) is 0 Å². The van der Waals surface area contributed by atoms with Crippen molar-refractivity contribution >= 4 is 19.0 Å². The van der Waals surface area contributed by atoms with Gasteiger partial charge in [-0.2, -0.15) is 0 Å². The highest BCUT2D eigenvalue weighted by atomic mass is 31.2. The Morgan fingerprint density at radius 2 is 1.79 bits per heavy atom. The molecule has 0 aliphatic heterocycles. The maximum absolute atomic E-state index is 11.4. The lowest BCUT2D eigenvalue weighted by Crippen LogP contribution is -2.17. The Hall–Kier alpha value is -1.08. The number of nitrogens with zero attached hydrogens (tertiary/aromatic N) is 2. The number of carboxylic acids is 1. The van der Waals surface area contributed by atoms with Gasteiger partial charge in [-0.1, -0.05) is 0 Å². The lowest BCUT2D eigenvalue weighted by Gasteiger charge is -2.06. The van der Waals surface area contributed by atoms with Gasteiger partial charge in [0.15, 0.2) is 0 Å². The number of aliphatic carboxylic acids is 1. The van der Waals surface area contributed by atoms with Crippen LogP contribution in [-0.2, 0) is 28.5 Å². The third kappa shape index (κ3) is 3.00. The van der Waals surface area contributed by atoms with E-state index in [1.807, 2.05) is 0 Å². The predicted molar refractivity (Wildman–Crippen MR) is 40.1 cm³/mol. The van der Waals surface area contributed by atoms with Crippen LogP contribution in [0.25, 0.3) is 5.53 Å². The van der Waals surface area contributed by atoms with E-state index in [-0.39, 0.29) is 0 Å². The number of hydrogen-bond donors (Lipinski definition) is 1. The summed E-state index contributed by atoms with van der Waals surface area (Å²) in [6, 6.07) is 0. The van der Waals surface area contributed by atoms with Crippen molar-refractivity contribution in [2.24, 2.45) is 0 Å². The first-order chi connectivity index (χ1) is 6.51. The van der Waals surface area contributed by atoms with Crippen LogP contribution in [0.1, 0.15) is 0 Å².